The van der Waals surface area contributed by atoms with Gasteiger partial charge in [0.05, 0.1) is 24.4 Å². The maximum absolute atomic E-state index is 13.3. The van der Waals surface area contributed by atoms with Crippen LogP contribution in [0.5, 0.6) is 0 Å². The predicted octanol–water partition coefficient (Wildman–Crippen LogP) is 1.45. The van der Waals surface area contributed by atoms with Crippen molar-refractivity contribution >= 4 is 22.8 Å². The fourth-order valence-electron chi connectivity index (χ4n) is 4.67. The number of aryl methyl sites for hydroxylation is 1. The molecule has 1 saturated heterocycles. The summed E-state index contributed by atoms with van der Waals surface area (Å²) >= 11 is 0. The Morgan fingerprint density at radius 2 is 2.00 bits per heavy atom. The number of anilines is 1. The second-order valence-electron chi connectivity index (χ2n) is 8.79. The lowest BCUT2D eigenvalue weighted by Gasteiger charge is -2.26. The normalized spacial score (nSPS) is 19.1. The average Bonchev–Trinajstić information content (AvgIpc) is 3.46. The van der Waals surface area contributed by atoms with Crippen LogP contribution in [0.25, 0.3) is 16.7 Å². The fraction of sp³-hybridized carbons (Fsp3) is 0.269. The summed E-state index contributed by atoms with van der Waals surface area (Å²) in [6.07, 6.45) is 4.42. The van der Waals surface area contributed by atoms with Crippen LogP contribution in [0.1, 0.15) is 33.7 Å². The number of aliphatic hydroxyl groups is 1. The number of rotatable bonds is 2. The van der Waals surface area contributed by atoms with Gasteiger partial charge in [-0.2, -0.15) is 10.1 Å². The molecule has 0 spiro atoms. The van der Waals surface area contributed by atoms with Crippen molar-refractivity contribution in [2.24, 2.45) is 0 Å². The molecule has 4 aromatic rings. The number of nitrogen functional groups attached to an aromatic ring is 1. The summed E-state index contributed by atoms with van der Waals surface area (Å²) in [7, 11) is 0. The molecule has 1 aliphatic heterocycles. The first-order valence-corrected chi connectivity index (χ1v) is 11.7. The first-order valence-electron chi connectivity index (χ1n) is 11.7. The molecule has 36 heavy (non-hydrogen) atoms. The molecular weight excluding hydrogens is 458 g/mol. The number of aromatic nitrogens is 5. The van der Waals surface area contributed by atoms with E-state index in [0.29, 0.717) is 66.4 Å². The van der Waals surface area contributed by atoms with Crippen molar-refractivity contribution < 1.29 is 14.6 Å². The number of hydrogen-bond acceptors (Lipinski definition) is 8. The van der Waals surface area contributed by atoms with Crippen LogP contribution in [0, 0.1) is 11.8 Å². The Labute approximate surface area is 206 Å². The van der Waals surface area contributed by atoms with Gasteiger partial charge in [-0.1, -0.05) is 17.9 Å². The van der Waals surface area contributed by atoms with E-state index in [9.17, 15) is 9.90 Å². The monoisotopic (exact) mass is 481 g/mol. The summed E-state index contributed by atoms with van der Waals surface area (Å²) in [5.74, 6) is 6.49. The second-order valence-corrected chi connectivity index (χ2v) is 8.79. The number of ether oxygens (including phenoxy) is 1. The molecule has 1 aliphatic carbocycles. The lowest BCUT2D eigenvalue weighted by molar-refractivity contribution is 0.0300. The van der Waals surface area contributed by atoms with E-state index < -0.39 is 5.60 Å². The van der Waals surface area contributed by atoms with Gasteiger partial charge < -0.3 is 20.5 Å². The molecule has 0 unspecified atom stereocenters. The number of morpholine rings is 1. The molecule has 1 amide bonds. The van der Waals surface area contributed by atoms with Gasteiger partial charge in [-0.05, 0) is 42.7 Å². The third-order valence-electron chi connectivity index (χ3n) is 6.51. The summed E-state index contributed by atoms with van der Waals surface area (Å²) in [5.41, 5.74) is 7.76. The van der Waals surface area contributed by atoms with Crippen LogP contribution in [0.4, 0.5) is 5.95 Å². The first kappa shape index (κ1) is 22.2. The Morgan fingerprint density at radius 1 is 1.14 bits per heavy atom. The van der Waals surface area contributed by atoms with E-state index in [0.717, 1.165) is 12.0 Å². The van der Waals surface area contributed by atoms with Gasteiger partial charge >= 0.3 is 0 Å². The standard InChI is InChI=1S/C26H23N7O3/c27-25-29-11-7-21(30-25)33-20-16-17(5-8-26(35)9-6-18-2-1-10-28-23(18)26)3-4-19(20)22(31-33)24(34)32-12-14-36-15-13-32/h1-4,7,10-11,16,35H,6,9,12-15H2,(H2,27,29,30)/t26-/m0/s1. The van der Waals surface area contributed by atoms with Gasteiger partial charge in [0.25, 0.3) is 5.91 Å². The van der Waals surface area contributed by atoms with E-state index in [1.165, 1.54) is 0 Å². The van der Waals surface area contributed by atoms with E-state index in [1.807, 2.05) is 30.3 Å². The van der Waals surface area contributed by atoms with E-state index in [-0.39, 0.29) is 11.9 Å². The quantitative estimate of drug-likeness (QED) is 0.411. The second kappa shape index (κ2) is 8.71. The number of fused-ring (bicyclic) bond motifs is 2. The summed E-state index contributed by atoms with van der Waals surface area (Å²) in [5, 5.41) is 16.5. The van der Waals surface area contributed by atoms with Gasteiger partial charge in [0, 0.05) is 42.5 Å². The summed E-state index contributed by atoms with van der Waals surface area (Å²) < 4.78 is 6.96. The van der Waals surface area contributed by atoms with Crippen molar-refractivity contribution in [2.45, 2.75) is 18.4 Å². The van der Waals surface area contributed by atoms with Gasteiger partial charge in [0.1, 0.15) is 0 Å². The smallest absolute Gasteiger partial charge is 0.275 e. The minimum Gasteiger partial charge on any atom is -0.378 e. The minimum atomic E-state index is -1.30. The number of carbonyl (C=O) groups excluding carboxylic acids is 1. The van der Waals surface area contributed by atoms with Crippen LogP contribution in [-0.2, 0) is 16.8 Å². The van der Waals surface area contributed by atoms with Crippen LogP contribution in [0.2, 0.25) is 0 Å². The minimum absolute atomic E-state index is 0.0998. The molecule has 0 bridgehead atoms. The highest BCUT2D eigenvalue weighted by molar-refractivity contribution is 6.05. The van der Waals surface area contributed by atoms with E-state index in [4.69, 9.17) is 10.5 Å². The van der Waals surface area contributed by atoms with Crippen LogP contribution >= 0.6 is 0 Å². The van der Waals surface area contributed by atoms with Crippen LogP contribution < -0.4 is 5.73 Å². The lowest BCUT2D eigenvalue weighted by Crippen LogP contribution is -2.41. The number of amides is 1. The van der Waals surface area contributed by atoms with Gasteiger partial charge in [-0.25, -0.2) is 9.67 Å². The lowest BCUT2D eigenvalue weighted by atomic mass is 10.0. The number of carbonyl (C=O) groups is 1. The number of pyridine rings is 1. The van der Waals surface area contributed by atoms with Gasteiger partial charge in [-0.15, -0.1) is 0 Å². The van der Waals surface area contributed by atoms with E-state index in [2.05, 4.69) is 31.9 Å². The summed E-state index contributed by atoms with van der Waals surface area (Å²) in [6, 6.07) is 11.0. The van der Waals surface area contributed by atoms with E-state index >= 15 is 0 Å². The molecule has 4 heterocycles. The molecule has 1 atom stereocenters. The molecule has 3 N–H and O–H groups in total. The van der Waals surface area contributed by atoms with Gasteiger partial charge in [-0.3, -0.25) is 9.78 Å². The molecule has 10 nitrogen and oxygen atoms in total. The predicted molar refractivity (Wildman–Crippen MR) is 131 cm³/mol. The van der Waals surface area contributed by atoms with Crippen molar-refractivity contribution in [1.82, 2.24) is 29.6 Å². The summed E-state index contributed by atoms with van der Waals surface area (Å²) in [4.78, 5) is 27.7. The molecule has 0 saturated carbocycles. The third kappa shape index (κ3) is 3.84. The van der Waals surface area contributed by atoms with Crippen molar-refractivity contribution in [3.63, 3.8) is 0 Å². The largest absolute Gasteiger partial charge is 0.378 e. The van der Waals surface area contributed by atoms with Crippen LogP contribution in [0.3, 0.4) is 0 Å². The molecule has 2 aliphatic rings. The van der Waals surface area contributed by atoms with Gasteiger partial charge in [0.15, 0.2) is 17.1 Å². The van der Waals surface area contributed by atoms with Crippen molar-refractivity contribution in [2.75, 3.05) is 32.0 Å². The summed E-state index contributed by atoms with van der Waals surface area (Å²) in [6.45, 7) is 2.00. The Kier molecular flexibility index (Phi) is 5.36. The number of nitrogens with two attached hydrogens (primary N) is 1. The highest BCUT2D eigenvalue weighted by Gasteiger charge is 2.36. The van der Waals surface area contributed by atoms with Crippen molar-refractivity contribution in [3.8, 4) is 17.7 Å². The SMILES string of the molecule is Nc1nccc(-n2nc(C(=O)N3CCOCC3)c3ccc(C#C[C@]4(O)CCc5cccnc54)cc32)n1. The average molecular weight is 482 g/mol. The molecule has 6 rings (SSSR count). The maximum Gasteiger partial charge on any atom is 0.275 e. The highest BCUT2D eigenvalue weighted by atomic mass is 16.5. The zero-order valence-electron chi connectivity index (χ0n) is 19.4. The molecule has 0 radical (unpaired) electrons. The molecule has 180 valence electrons. The fourth-order valence-corrected chi connectivity index (χ4v) is 4.67. The molecule has 1 aromatic carbocycles. The number of nitrogens with zero attached hydrogens (tertiary/aromatic N) is 6. The molecule has 1 fully saturated rings. The number of hydrogen-bond donors (Lipinski definition) is 2. The Bertz CT molecular complexity index is 1550. The third-order valence-corrected chi connectivity index (χ3v) is 6.51. The zero-order chi connectivity index (χ0) is 24.7. The highest BCUT2D eigenvalue weighted by Crippen LogP contribution is 2.34. The van der Waals surface area contributed by atoms with Gasteiger partial charge in [0.2, 0.25) is 5.95 Å². The topological polar surface area (TPSA) is 132 Å². The van der Waals surface area contributed by atoms with Crippen molar-refractivity contribution in [3.05, 3.63) is 71.3 Å². The Balaban J connectivity index is 1.44. The van der Waals surface area contributed by atoms with Crippen LogP contribution in [-0.4, -0.2) is 66.9 Å². The number of benzene rings is 1. The molecule has 3 aromatic heterocycles. The zero-order valence-corrected chi connectivity index (χ0v) is 19.4. The molecule has 10 heteroatoms. The maximum atomic E-state index is 13.3. The Morgan fingerprint density at radius 3 is 2.83 bits per heavy atom. The van der Waals surface area contributed by atoms with E-state index in [1.54, 1.807) is 28.0 Å². The molecular formula is C26H23N7O3. The Hall–Kier alpha value is -4.33. The van der Waals surface area contributed by atoms with Crippen molar-refractivity contribution in [1.29, 1.82) is 0 Å². The van der Waals surface area contributed by atoms with Crippen LogP contribution in [0.15, 0.2) is 48.8 Å². The first-order chi connectivity index (χ1) is 17.5.